The van der Waals surface area contributed by atoms with Crippen LogP contribution in [0.15, 0.2) is 15.3 Å². The standard InChI is InChI=1S/C15H23O3S/c1-2-3-5-8-12-11-14(16)13(15(17)18-12)9-6-4-7-10-19/h11,16H,2-10H2,1H3. The van der Waals surface area contributed by atoms with Gasteiger partial charge in [0.25, 0.3) is 0 Å². The van der Waals surface area contributed by atoms with Crippen LogP contribution in [0, 0.1) is 0 Å². The number of hydrogen-bond acceptors (Lipinski definition) is 3. The third-order valence-corrected chi connectivity index (χ3v) is 3.46. The maximum absolute atomic E-state index is 11.8. The zero-order chi connectivity index (χ0) is 14.1. The molecule has 0 saturated carbocycles. The van der Waals surface area contributed by atoms with Crippen LogP contribution in [0.4, 0.5) is 0 Å². The average molecular weight is 283 g/mol. The van der Waals surface area contributed by atoms with Gasteiger partial charge in [-0.25, -0.2) is 4.79 Å². The lowest BCUT2D eigenvalue weighted by Gasteiger charge is -2.05. The van der Waals surface area contributed by atoms with Crippen molar-refractivity contribution in [1.29, 1.82) is 0 Å². The van der Waals surface area contributed by atoms with E-state index in [2.05, 4.69) is 6.92 Å². The molecule has 1 heterocycles. The number of unbranched alkanes of at least 4 members (excludes halogenated alkanes) is 4. The summed E-state index contributed by atoms with van der Waals surface area (Å²) in [6, 6.07) is 1.60. The topological polar surface area (TPSA) is 50.4 Å². The largest absolute Gasteiger partial charge is 0.507 e. The van der Waals surface area contributed by atoms with Crippen LogP contribution in [-0.2, 0) is 12.8 Å². The van der Waals surface area contributed by atoms with Gasteiger partial charge in [0.2, 0.25) is 0 Å². The molecule has 0 saturated heterocycles. The van der Waals surface area contributed by atoms with E-state index in [9.17, 15) is 9.90 Å². The van der Waals surface area contributed by atoms with Gasteiger partial charge in [0.05, 0.1) is 5.56 Å². The molecule has 0 amide bonds. The Hall–Kier alpha value is -0.900. The maximum Gasteiger partial charge on any atom is 0.342 e. The molecular formula is C15H23O3S. The Labute approximate surface area is 120 Å². The summed E-state index contributed by atoms with van der Waals surface area (Å²) in [5.74, 6) is 1.42. The van der Waals surface area contributed by atoms with Crippen molar-refractivity contribution in [1.82, 2.24) is 0 Å². The van der Waals surface area contributed by atoms with E-state index in [4.69, 9.17) is 17.0 Å². The Balaban J connectivity index is 2.61. The third-order valence-electron chi connectivity index (χ3n) is 3.17. The first kappa shape index (κ1) is 16.2. The second kappa shape index (κ2) is 9.08. The van der Waals surface area contributed by atoms with Gasteiger partial charge in [0.1, 0.15) is 11.5 Å². The normalized spacial score (nSPS) is 10.8. The van der Waals surface area contributed by atoms with E-state index in [1.54, 1.807) is 6.07 Å². The minimum absolute atomic E-state index is 0.0844. The quantitative estimate of drug-likeness (QED) is 0.697. The fourth-order valence-corrected chi connectivity index (χ4v) is 2.24. The van der Waals surface area contributed by atoms with E-state index in [0.29, 0.717) is 24.2 Å². The van der Waals surface area contributed by atoms with Gasteiger partial charge in [0, 0.05) is 18.2 Å². The summed E-state index contributed by atoms with van der Waals surface area (Å²) in [6.45, 7) is 2.12. The van der Waals surface area contributed by atoms with Gasteiger partial charge in [-0.2, -0.15) is 0 Å². The number of aryl methyl sites for hydroxylation is 1. The monoisotopic (exact) mass is 283 g/mol. The van der Waals surface area contributed by atoms with Crippen LogP contribution in [0.5, 0.6) is 5.75 Å². The summed E-state index contributed by atoms with van der Waals surface area (Å²) in [7, 11) is 0. The van der Waals surface area contributed by atoms with Gasteiger partial charge >= 0.3 is 5.63 Å². The molecular weight excluding hydrogens is 260 g/mol. The molecule has 1 rings (SSSR count). The Morgan fingerprint density at radius 2 is 1.89 bits per heavy atom. The summed E-state index contributed by atoms with van der Waals surface area (Å²) in [5.41, 5.74) is 0.0217. The van der Waals surface area contributed by atoms with Crippen molar-refractivity contribution in [2.24, 2.45) is 0 Å². The first-order chi connectivity index (χ1) is 9.19. The highest BCUT2D eigenvalue weighted by molar-refractivity contribution is 7.80. The molecule has 0 atom stereocenters. The van der Waals surface area contributed by atoms with Gasteiger partial charge < -0.3 is 9.52 Å². The molecule has 3 nitrogen and oxygen atoms in total. The third kappa shape index (κ3) is 5.72. The summed E-state index contributed by atoms with van der Waals surface area (Å²) in [5, 5.41) is 9.90. The molecule has 0 unspecified atom stereocenters. The smallest absolute Gasteiger partial charge is 0.342 e. The van der Waals surface area contributed by atoms with Crippen LogP contribution in [0.1, 0.15) is 56.8 Å². The lowest BCUT2D eigenvalue weighted by molar-refractivity contribution is 0.406. The fourth-order valence-electron chi connectivity index (χ4n) is 2.04. The highest BCUT2D eigenvalue weighted by Crippen LogP contribution is 2.19. The summed E-state index contributed by atoms with van der Waals surface area (Å²) >= 11 is 4.87. The van der Waals surface area contributed by atoms with Crippen molar-refractivity contribution in [2.45, 2.75) is 58.3 Å². The molecule has 0 aliphatic carbocycles. The van der Waals surface area contributed by atoms with Gasteiger partial charge in [-0.3, -0.25) is 0 Å². The Kier molecular flexibility index (Phi) is 7.72. The molecule has 1 N–H and O–H groups in total. The molecule has 0 aliphatic heterocycles. The Morgan fingerprint density at radius 1 is 1.16 bits per heavy atom. The van der Waals surface area contributed by atoms with E-state index in [1.807, 2.05) is 0 Å². The molecule has 4 heteroatoms. The van der Waals surface area contributed by atoms with E-state index < -0.39 is 0 Å². The highest BCUT2D eigenvalue weighted by atomic mass is 32.1. The van der Waals surface area contributed by atoms with Crippen LogP contribution in [0.2, 0.25) is 0 Å². The van der Waals surface area contributed by atoms with Gasteiger partial charge in [-0.05, 0) is 25.7 Å². The van der Waals surface area contributed by atoms with E-state index in [0.717, 1.165) is 44.3 Å². The van der Waals surface area contributed by atoms with E-state index in [1.165, 1.54) is 0 Å². The van der Waals surface area contributed by atoms with Crippen molar-refractivity contribution >= 4 is 12.6 Å². The fraction of sp³-hybridized carbons (Fsp3) is 0.667. The Bertz CT molecular complexity index is 426. The summed E-state index contributed by atoms with van der Waals surface area (Å²) in [6.07, 6.45) is 7.33. The first-order valence-corrected chi connectivity index (χ1v) is 7.69. The van der Waals surface area contributed by atoms with Crippen LogP contribution in [0.3, 0.4) is 0 Å². The molecule has 0 bridgehead atoms. The van der Waals surface area contributed by atoms with Crippen molar-refractivity contribution < 1.29 is 9.52 Å². The predicted molar refractivity (Wildman–Crippen MR) is 79.9 cm³/mol. The van der Waals surface area contributed by atoms with Crippen molar-refractivity contribution in [3.63, 3.8) is 0 Å². The second-order valence-corrected chi connectivity index (χ2v) is 5.24. The lowest BCUT2D eigenvalue weighted by atomic mass is 10.1. The van der Waals surface area contributed by atoms with Gasteiger partial charge in [-0.1, -0.05) is 38.8 Å². The number of rotatable bonds is 9. The zero-order valence-electron chi connectivity index (χ0n) is 11.6. The van der Waals surface area contributed by atoms with Crippen LogP contribution in [0.25, 0.3) is 0 Å². The Morgan fingerprint density at radius 3 is 2.53 bits per heavy atom. The minimum Gasteiger partial charge on any atom is -0.507 e. The SMILES string of the molecule is CCCCCc1cc(O)c(CCCCC[S])c(=O)o1. The van der Waals surface area contributed by atoms with Crippen molar-refractivity contribution in [2.75, 3.05) is 5.75 Å². The molecule has 1 aromatic heterocycles. The molecule has 0 spiro atoms. The van der Waals surface area contributed by atoms with Crippen LogP contribution in [-0.4, -0.2) is 10.9 Å². The van der Waals surface area contributed by atoms with Crippen LogP contribution < -0.4 is 5.63 Å². The molecule has 107 valence electrons. The predicted octanol–water partition coefficient (Wildman–Crippen LogP) is 3.99. The highest BCUT2D eigenvalue weighted by Gasteiger charge is 2.10. The summed E-state index contributed by atoms with van der Waals surface area (Å²) < 4.78 is 5.26. The number of aromatic hydroxyl groups is 1. The zero-order valence-corrected chi connectivity index (χ0v) is 12.4. The van der Waals surface area contributed by atoms with E-state index >= 15 is 0 Å². The van der Waals surface area contributed by atoms with Crippen molar-refractivity contribution in [3.8, 4) is 5.75 Å². The lowest BCUT2D eigenvalue weighted by Crippen LogP contribution is -2.09. The molecule has 1 radical (unpaired) electrons. The van der Waals surface area contributed by atoms with Gasteiger partial charge in [0.15, 0.2) is 0 Å². The van der Waals surface area contributed by atoms with Crippen molar-refractivity contribution in [3.05, 3.63) is 27.8 Å². The molecule has 0 aromatic carbocycles. The summed E-state index contributed by atoms with van der Waals surface area (Å²) in [4.78, 5) is 11.8. The second-order valence-electron chi connectivity index (χ2n) is 4.84. The molecule has 1 aromatic rings. The van der Waals surface area contributed by atoms with E-state index in [-0.39, 0.29) is 11.4 Å². The molecule has 0 fully saturated rings. The number of hydrogen-bond donors (Lipinski definition) is 1. The molecule has 19 heavy (non-hydrogen) atoms. The molecule has 0 aliphatic rings. The first-order valence-electron chi connectivity index (χ1n) is 7.12. The minimum atomic E-state index is -0.384. The maximum atomic E-state index is 11.8. The average Bonchev–Trinajstić information content (AvgIpc) is 2.37. The van der Waals surface area contributed by atoms with Crippen LogP contribution >= 0.6 is 12.6 Å². The van der Waals surface area contributed by atoms with Gasteiger partial charge in [-0.15, -0.1) is 0 Å².